The summed E-state index contributed by atoms with van der Waals surface area (Å²) in [4.78, 5) is 15.2. The molecule has 145 valence electrons. The van der Waals surface area contributed by atoms with Crippen LogP contribution in [0.3, 0.4) is 0 Å². The van der Waals surface area contributed by atoms with Crippen LogP contribution in [0.25, 0.3) is 0 Å². The fourth-order valence-electron chi connectivity index (χ4n) is 3.54. The van der Waals surface area contributed by atoms with Crippen molar-refractivity contribution >= 4 is 36.9 Å². The third kappa shape index (κ3) is 4.07. The lowest BCUT2D eigenvalue weighted by Gasteiger charge is -2.31. The van der Waals surface area contributed by atoms with Crippen LogP contribution >= 0.6 is 22.9 Å². The van der Waals surface area contributed by atoms with Crippen LogP contribution in [0.2, 0.25) is 30.0 Å². The van der Waals surface area contributed by atoms with Crippen LogP contribution in [0, 0.1) is 6.08 Å². The number of amides is 1. The highest BCUT2D eigenvalue weighted by molar-refractivity contribution is 7.18. The standard InChI is InChI=1S/C20H24ClFNO2SSi/c1-12-10-14-13(8-9-27(3,4)5)19(25-2)15(22)11-16(14)23(12)20(24)17-6-7-18(21)26-17/h6-7,16H,8-9,11H2,1-5H3. The number of hydrogen-bond acceptors (Lipinski definition) is 3. The molecule has 1 unspecified atom stereocenters. The summed E-state index contributed by atoms with van der Waals surface area (Å²) in [6.07, 6.45) is 4.20. The van der Waals surface area contributed by atoms with Crippen LogP contribution in [-0.4, -0.2) is 32.0 Å². The molecule has 1 aromatic rings. The fourth-order valence-corrected chi connectivity index (χ4v) is 5.52. The Labute approximate surface area is 170 Å². The summed E-state index contributed by atoms with van der Waals surface area (Å²) in [5, 5.41) is 0. The topological polar surface area (TPSA) is 29.5 Å². The average molecular weight is 425 g/mol. The van der Waals surface area contributed by atoms with Crippen molar-refractivity contribution in [2.45, 2.75) is 51.5 Å². The summed E-state index contributed by atoms with van der Waals surface area (Å²) >= 11 is 7.23. The Morgan fingerprint density at radius 2 is 2.15 bits per heavy atom. The largest absolute Gasteiger partial charge is 0.494 e. The van der Waals surface area contributed by atoms with Gasteiger partial charge in [-0.05, 0) is 31.1 Å². The van der Waals surface area contributed by atoms with Crippen molar-refractivity contribution < 1.29 is 13.9 Å². The third-order valence-electron chi connectivity index (χ3n) is 4.87. The zero-order chi connectivity index (χ0) is 19.9. The second-order valence-corrected chi connectivity index (χ2v) is 15.4. The van der Waals surface area contributed by atoms with Crippen LogP contribution in [0.5, 0.6) is 0 Å². The number of allylic oxidation sites excluding steroid dienone is 2. The van der Waals surface area contributed by atoms with E-state index < -0.39 is 8.07 Å². The maximum atomic E-state index is 14.9. The Kier molecular flexibility index (Phi) is 5.71. The van der Waals surface area contributed by atoms with Gasteiger partial charge in [0.05, 0.1) is 22.4 Å². The quantitative estimate of drug-likeness (QED) is 0.527. The van der Waals surface area contributed by atoms with E-state index in [9.17, 15) is 9.18 Å². The van der Waals surface area contributed by atoms with Gasteiger partial charge in [0.2, 0.25) is 0 Å². The van der Waals surface area contributed by atoms with Gasteiger partial charge >= 0.3 is 0 Å². The predicted octanol–water partition coefficient (Wildman–Crippen LogP) is 6.19. The number of hydrogen-bond donors (Lipinski definition) is 0. The number of rotatable bonds is 5. The number of fused-ring (bicyclic) bond motifs is 1. The number of nitrogens with zero attached hydrogens (tertiary/aromatic N) is 1. The molecule has 0 saturated heterocycles. The summed E-state index contributed by atoms with van der Waals surface area (Å²) in [6.45, 7) is 8.72. The van der Waals surface area contributed by atoms with Gasteiger partial charge in [-0.15, -0.1) is 11.3 Å². The first-order valence-electron chi connectivity index (χ1n) is 8.98. The maximum Gasteiger partial charge on any atom is 0.268 e. The van der Waals surface area contributed by atoms with Crippen molar-refractivity contribution in [3.05, 3.63) is 55.9 Å². The molecule has 0 saturated carbocycles. The van der Waals surface area contributed by atoms with E-state index in [2.05, 4.69) is 25.7 Å². The molecule has 3 nitrogen and oxygen atoms in total. The maximum absolute atomic E-state index is 14.9. The number of thiophene rings is 1. The smallest absolute Gasteiger partial charge is 0.268 e. The molecule has 0 N–H and O–H groups in total. The summed E-state index contributed by atoms with van der Waals surface area (Å²) in [5.74, 6) is -0.126. The highest BCUT2D eigenvalue weighted by Gasteiger charge is 2.41. The summed E-state index contributed by atoms with van der Waals surface area (Å²) in [5.41, 5.74) is 2.45. The van der Waals surface area contributed by atoms with E-state index in [0.717, 1.165) is 23.6 Å². The first-order chi connectivity index (χ1) is 12.6. The molecule has 27 heavy (non-hydrogen) atoms. The first-order valence-corrected chi connectivity index (χ1v) is 13.9. The molecule has 1 aliphatic carbocycles. The first kappa shape index (κ1) is 20.4. The molecule has 0 bridgehead atoms. The van der Waals surface area contributed by atoms with Gasteiger partial charge in [0.15, 0.2) is 5.76 Å². The molecule has 0 aromatic carbocycles. The van der Waals surface area contributed by atoms with Crippen LogP contribution in [0.4, 0.5) is 4.39 Å². The zero-order valence-electron chi connectivity index (χ0n) is 16.3. The van der Waals surface area contributed by atoms with Crippen molar-refractivity contribution in [2.24, 2.45) is 0 Å². The van der Waals surface area contributed by atoms with E-state index in [4.69, 9.17) is 16.3 Å². The van der Waals surface area contributed by atoms with Crippen LogP contribution in [-0.2, 0) is 4.74 Å². The van der Waals surface area contributed by atoms with E-state index in [-0.39, 0.29) is 24.2 Å². The fraction of sp³-hybridized carbons (Fsp3) is 0.450. The molecule has 7 heteroatoms. The van der Waals surface area contributed by atoms with Gasteiger partial charge in [0.25, 0.3) is 5.91 Å². The average Bonchev–Trinajstić information content (AvgIpc) is 3.14. The van der Waals surface area contributed by atoms with E-state index in [1.165, 1.54) is 18.4 Å². The Morgan fingerprint density at radius 1 is 1.44 bits per heavy atom. The molecule has 2 aliphatic rings. The molecule has 0 spiro atoms. The van der Waals surface area contributed by atoms with E-state index >= 15 is 0 Å². The number of carbonyl (C=O) groups excluding carboxylic acids is 1. The molecule has 1 aromatic heterocycles. The molecular formula is C20H24ClFNO2SSi. The van der Waals surface area contributed by atoms with Crippen LogP contribution in [0.1, 0.15) is 29.4 Å². The third-order valence-corrected chi connectivity index (χ3v) is 7.84. The molecule has 1 amide bonds. The normalized spacial score (nSPS) is 20.2. The SMILES string of the molecule is COC1=C(F)CC2C(=C1CC[Si](C)(C)C)[C]=C(C)N2C(=O)c1ccc(Cl)s1. The van der Waals surface area contributed by atoms with Crippen molar-refractivity contribution in [3.8, 4) is 0 Å². The Morgan fingerprint density at radius 3 is 2.70 bits per heavy atom. The Hall–Kier alpha value is -1.37. The van der Waals surface area contributed by atoms with E-state index in [1.807, 2.05) is 6.92 Å². The van der Waals surface area contributed by atoms with Crippen molar-refractivity contribution in [1.82, 2.24) is 4.90 Å². The molecule has 1 aliphatic heterocycles. The molecule has 2 heterocycles. The highest BCUT2D eigenvalue weighted by Crippen LogP contribution is 2.43. The molecule has 0 fully saturated rings. The minimum atomic E-state index is -1.32. The van der Waals surface area contributed by atoms with E-state index in [0.29, 0.717) is 20.7 Å². The monoisotopic (exact) mass is 424 g/mol. The number of ether oxygens (including phenoxy) is 1. The van der Waals surface area contributed by atoms with Gasteiger partial charge in [-0.25, -0.2) is 4.39 Å². The Balaban J connectivity index is 1.99. The van der Waals surface area contributed by atoms with Gasteiger partial charge in [0.1, 0.15) is 5.83 Å². The van der Waals surface area contributed by atoms with Crippen LogP contribution in [0.15, 0.2) is 40.6 Å². The summed E-state index contributed by atoms with van der Waals surface area (Å²) in [6, 6.07) is 4.08. The molecular weight excluding hydrogens is 401 g/mol. The lowest BCUT2D eigenvalue weighted by atomic mass is 9.90. The van der Waals surface area contributed by atoms with Crippen molar-refractivity contribution in [1.29, 1.82) is 0 Å². The van der Waals surface area contributed by atoms with Crippen LogP contribution < -0.4 is 0 Å². The van der Waals surface area contributed by atoms with Gasteiger partial charge < -0.3 is 9.64 Å². The van der Waals surface area contributed by atoms with Gasteiger partial charge in [-0.2, -0.15) is 0 Å². The minimum Gasteiger partial charge on any atom is -0.494 e. The molecule has 3 rings (SSSR count). The van der Waals surface area contributed by atoms with Gasteiger partial charge in [-0.3, -0.25) is 4.79 Å². The highest BCUT2D eigenvalue weighted by atomic mass is 35.5. The van der Waals surface area contributed by atoms with Gasteiger partial charge in [-0.1, -0.05) is 37.3 Å². The second-order valence-electron chi connectivity index (χ2n) is 8.10. The summed E-state index contributed by atoms with van der Waals surface area (Å²) < 4.78 is 20.8. The lowest BCUT2D eigenvalue weighted by molar-refractivity contribution is 0.0779. The van der Waals surface area contributed by atoms with E-state index in [1.54, 1.807) is 17.0 Å². The number of methoxy groups -OCH3 is 1. The molecule has 1 atom stereocenters. The van der Waals surface area contributed by atoms with Crippen molar-refractivity contribution in [3.63, 3.8) is 0 Å². The predicted molar refractivity (Wildman–Crippen MR) is 111 cm³/mol. The number of halogens is 2. The second kappa shape index (κ2) is 7.57. The van der Waals surface area contributed by atoms with Crippen molar-refractivity contribution in [2.75, 3.05) is 7.11 Å². The minimum absolute atomic E-state index is 0.115. The van der Waals surface area contributed by atoms with Gasteiger partial charge in [0, 0.05) is 31.8 Å². The molecule has 1 radical (unpaired) electrons. The summed E-state index contributed by atoms with van der Waals surface area (Å²) in [7, 11) is 0.188. The Bertz CT molecular complexity index is 866. The zero-order valence-corrected chi connectivity index (χ0v) is 18.9. The number of carbonyl (C=O) groups is 1. The lowest BCUT2D eigenvalue weighted by Crippen LogP contribution is -2.37.